The fourth-order valence-corrected chi connectivity index (χ4v) is 6.72. The molecule has 0 bridgehead atoms. The Hall–Kier alpha value is -3.73. The summed E-state index contributed by atoms with van der Waals surface area (Å²) in [6.07, 6.45) is 5.05. The first kappa shape index (κ1) is 28.8. The number of hydrogen-bond acceptors (Lipinski definition) is 3. The highest BCUT2D eigenvalue weighted by Gasteiger charge is 2.41. The Bertz CT molecular complexity index is 1390. The molecule has 0 heterocycles. The molecule has 2 aliphatic carbocycles. The van der Waals surface area contributed by atoms with E-state index in [4.69, 9.17) is 0 Å². The first-order chi connectivity index (χ1) is 19.6. The summed E-state index contributed by atoms with van der Waals surface area (Å²) in [5.74, 6) is 0.372. The van der Waals surface area contributed by atoms with Crippen molar-refractivity contribution >= 4 is 17.7 Å². The first-order valence-electron chi connectivity index (χ1n) is 14.9. The molecule has 3 aromatic carbocycles. The Balaban J connectivity index is 1.19. The Labute approximate surface area is 243 Å². The number of carbonyl (C=O) groups is 3. The minimum absolute atomic E-state index is 0.177. The van der Waals surface area contributed by atoms with E-state index in [-0.39, 0.29) is 17.7 Å². The van der Waals surface area contributed by atoms with Crippen molar-refractivity contribution in [1.29, 1.82) is 0 Å². The van der Waals surface area contributed by atoms with Gasteiger partial charge in [-0.15, -0.1) is 0 Å². The quantitative estimate of drug-likeness (QED) is 0.283. The van der Waals surface area contributed by atoms with Crippen molar-refractivity contribution in [1.82, 2.24) is 4.90 Å². The largest absolute Gasteiger partial charge is 0.480 e. The molecule has 0 spiro atoms. The zero-order valence-electron chi connectivity index (χ0n) is 24.5. The van der Waals surface area contributed by atoms with E-state index in [2.05, 4.69) is 55.5 Å². The summed E-state index contributed by atoms with van der Waals surface area (Å²) in [7, 11) is 1.55. The SMILES string of the molecule is Cc1ccc(C2CCC2C(=O)CC2CCC2c2ccc(-c3ccc(C(=O)N(C)[C@H](C(=O)O)C(C)C)cc3)cc2)cc1. The van der Waals surface area contributed by atoms with Gasteiger partial charge in [0.25, 0.3) is 5.91 Å². The van der Waals surface area contributed by atoms with E-state index in [0.29, 0.717) is 35.5 Å². The van der Waals surface area contributed by atoms with Gasteiger partial charge in [0.05, 0.1) is 0 Å². The topological polar surface area (TPSA) is 74.7 Å². The lowest BCUT2D eigenvalue weighted by atomic mass is 9.63. The molecular formula is C36H41NO4. The maximum atomic E-state index is 13.3. The molecule has 5 rings (SSSR count). The van der Waals surface area contributed by atoms with Crippen LogP contribution in [0, 0.1) is 24.7 Å². The van der Waals surface area contributed by atoms with Crippen LogP contribution in [0.5, 0.6) is 0 Å². The maximum absolute atomic E-state index is 13.3. The molecular weight excluding hydrogens is 510 g/mol. The van der Waals surface area contributed by atoms with Crippen molar-refractivity contribution in [2.45, 2.75) is 70.8 Å². The van der Waals surface area contributed by atoms with Crippen molar-refractivity contribution in [2.24, 2.45) is 17.8 Å². The van der Waals surface area contributed by atoms with Crippen molar-refractivity contribution in [2.75, 3.05) is 7.05 Å². The lowest BCUT2D eigenvalue weighted by Gasteiger charge is -2.41. The van der Waals surface area contributed by atoms with E-state index < -0.39 is 12.0 Å². The molecule has 41 heavy (non-hydrogen) atoms. The smallest absolute Gasteiger partial charge is 0.326 e. The molecule has 0 saturated heterocycles. The Morgan fingerprint density at radius 1 is 0.780 bits per heavy atom. The third-order valence-electron chi connectivity index (χ3n) is 9.50. The Morgan fingerprint density at radius 2 is 1.32 bits per heavy atom. The average Bonchev–Trinajstić information content (AvgIpc) is 2.91. The number of amides is 1. The van der Waals surface area contributed by atoms with Crippen LogP contribution in [0.3, 0.4) is 0 Å². The number of carbonyl (C=O) groups excluding carboxylic acids is 2. The predicted octanol–water partition coefficient (Wildman–Crippen LogP) is 7.49. The van der Waals surface area contributed by atoms with E-state index in [1.54, 1.807) is 33.0 Å². The molecule has 1 N–H and O–H groups in total. The number of carboxylic acids is 1. The summed E-state index contributed by atoms with van der Waals surface area (Å²) < 4.78 is 0. The number of likely N-dealkylation sites (N-methyl/N-ethyl adjacent to an activating group) is 1. The molecule has 2 aliphatic rings. The van der Waals surface area contributed by atoms with Crippen molar-refractivity contribution in [3.05, 3.63) is 95.1 Å². The Kier molecular flexibility index (Phi) is 8.44. The third-order valence-corrected chi connectivity index (χ3v) is 9.50. The third kappa shape index (κ3) is 6.00. The molecule has 2 fully saturated rings. The summed E-state index contributed by atoms with van der Waals surface area (Å²) >= 11 is 0. The molecule has 0 radical (unpaired) electrons. The van der Waals surface area contributed by atoms with Crippen LogP contribution in [-0.2, 0) is 9.59 Å². The molecule has 0 aliphatic heterocycles. The molecule has 5 nitrogen and oxygen atoms in total. The number of aliphatic carboxylic acids is 1. The highest BCUT2D eigenvalue weighted by Crippen LogP contribution is 2.49. The minimum atomic E-state index is -1.000. The second-order valence-corrected chi connectivity index (χ2v) is 12.5. The summed E-state index contributed by atoms with van der Waals surface area (Å²) in [5, 5.41) is 9.53. The van der Waals surface area contributed by atoms with Crippen LogP contribution in [0.2, 0.25) is 0 Å². The molecule has 5 atom stereocenters. The zero-order valence-corrected chi connectivity index (χ0v) is 24.5. The number of rotatable bonds is 10. The van der Waals surface area contributed by atoms with Gasteiger partial charge in [-0.05, 0) is 90.7 Å². The van der Waals surface area contributed by atoms with Gasteiger partial charge >= 0.3 is 5.97 Å². The van der Waals surface area contributed by atoms with E-state index in [0.717, 1.165) is 36.8 Å². The summed E-state index contributed by atoms with van der Waals surface area (Å²) in [5.41, 5.74) is 6.40. The summed E-state index contributed by atoms with van der Waals surface area (Å²) in [6, 6.07) is 23.8. The number of hydrogen-bond donors (Lipinski definition) is 1. The molecule has 0 aromatic heterocycles. The molecule has 214 valence electrons. The summed E-state index contributed by atoms with van der Waals surface area (Å²) in [6.45, 7) is 5.70. The minimum Gasteiger partial charge on any atom is -0.480 e. The van der Waals surface area contributed by atoms with Gasteiger partial charge < -0.3 is 10.0 Å². The number of nitrogens with zero attached hydrogens (tertiary/aromatic N) is 1. The maximum Gasteiger partial charge on any atom is 0.326 e. The number of Topliss-reactive ketones (excluding diaryl/α,β-unsaturated/α-hetero) is 1. The fraction of sp³-hybridized carbons (Fsp3) is 0.417. The standard InChI is InChI=1S/C36H41NO4/c1-22(2)34(36(40)41)37(4)35(39)28-15-11-25(12-16-28)24-9-13-26(14-10-24)30-18-17-29(30)21-33(38)32-20-19-31(32)27-7-5-23(3)6-8-27/h5-16,22,29-32,34H,17-21H2,1-4H3,(H,40,41)/t29?,30?,31?,32?,34-/m0/s1. The fourth-order valence-electron chi connectivity index (χ4n) is 6.72. The van der Waals surface area contributed by atoms with Crippen LogP contribution in [0.25, 0.3) is 11.1 Å². The highest BCUT2D eigenvalue weighted by atomic mass is 16.4. The molecule has 2 saturated carbocycles. The lowest BCUT2D eigenvalue weighted by molar-refractivity contribution is -0.143. The van der Waals surface area contributed by atoms with Crippen LogP contribution in [-0.4, -0.2) is 40.8 Å². The second kappa shape index (κ2) is 12.0. The second-order valence-electron chi connectivity index (χ2n) is 12.5. The molecule has 1 amide bonds. The number of ketones is 1. The average molecular weight is 552 g/mol. The number of carboxylic acid groups (broad SMARTS) is 1. The lowest BCUT2D eigenvalue weighted by Crippen LogP contribution is -2.45. The van der Waals surface area contributed by atoms with Gasteiger partial charge in [-0.3, -0.25) is 9.59 Å². The van der Waals surface area contributed by atoms with Crippen molar-refractivity contribution in [3.8, 4) is 11.1 Å². The van der Waals surface area contributed by atoms with Crippen LogP contribution >= 0.6 is 0 Å². The van der Waals surface area contributed by atoms with Crippen LogP contribution < -0.4 is 0 Å². The van der Waals surface area contributed by atoms with E-state index in [1.807, 2.05) is 12.1 Å². The van der Waals surface area contributed by atoms with E-state index in [1.165, 1.54) is 21.6 Å². The normalized spacial score (nSPS) is 22.4. The Morgan fingerprint density at radius 3 is 1.80 bits per heavy atom. The van der Waals surface area contributed by atoms with Gasteiger partial charge in [-0.2, -0.15) is 0 Å². The van der Waals surface area contributed by atoms with Gasteiger partial charge in [0.2, 0.25) is 0 Å². The number of benzene rings is 3. The van der Waals surface area contributed by atoms with Gasteiger partial charge in [0.15, 0.2) is 0 Å². The highest BCUT2D eigenvalue weighted by molar-refractivity contribution is 5.97. The summed E-state index contributed by atoms with van der Waals surface area (Å²) in [4.78, 5) is 39.1. The van der Waals surface area contributed by atoms with Crippen LogP contribution in [0.4, 0.5) is 0 Å². The van der Waals surface area contributed by atoms with Crippen LogP contribution in [0.15, 0.2) is 72.8 Å². The van der Waals surface area contributed by atoms with Gasteiger partial charge in [0, 0.05) is 24.9 Å². The van der Waals surface area contributed by atoms with Gasteiger partial charge in [-0.1, -0.05) is 80.1 Å². The molecule has 4 unspecified atom stereocenters. The predicted molar refractivity (Wildman–Crippen MR) is 162 cm³/mol. The van der Waals surface area contributed by atoms with Gasteiger partial charge in [0.1, 0.15) is 11.8 Å². The van der Waals surface area contributed by atoms with Gasteiger partial charge in [-0.25, -0.2) is 4.79 Å². The van der Waals surface area contributed by atoms with Crippen LogP contribution in [0.1, 0.15) is 84.8 Å². The zero-order chi connectivity index (χ0) is 29.3. The monoisotopic (exact) mass is 551 g/mol. The number of aryl methyl sites for hydroxylation is 1. The molecule has 5 heteroatoms. The van der Waals surface area contributed by atoms with Crippen molar-refractivity contribution < 1.29 is 19.5 Å². The van der Waals surface area contributed by atoms with E-state index >= 15 is 0 Å². The van der Waals surface area contributed by atoms with Crippen molar-refractivity contribution in [3.63, 3.8) is 0 Å². The first-order valence-corrected chi connectivity index (χ1v) is 14.9. The molecule has 3 aromatic rings. The van der Waals surface area contributed by atoms with E-state index in [9.17, 15) is 19.5 Å².